The predicted octanol–water partition coefficient (Wildman–Crippen LogP) is 4.08. The van der Waals surface area contributed by atoms with Gasteiger partial charge in [0, 0.05) is 11.3 Å². The Labute approximate surface area is 160 Å². The Kier molecular flexibility index (Phi) is 6.09. The summed E-state index contributed by atoms with van der Waals surface area (Å²) < 4.78 is 5.62. The van der Waals surface area contributed by atoms with E-state index in [1.54, 1.807) is 6.26 Å². The summed E-state index contributed by atoms with van der Waals surface area (Å²) in [5.41, 5.74) is 3.18. The molecule has 0 fully saturated rings. The molecule has 27 heavy (non-hydrogen) atoms. The molecule has 1 amide bonds. The van der Waals surface area contributed by atoms with Crippen LogP contribution in [-0.2, 0) is 4.79 Å². The van der Waals surface area contributed by atoms with E-state index in [2.05, 4.69) is 43.4 Å². The highest BCUT2D eigenvalue weighted by Crippen LogP contribution is 2.19. The van der Waals surface area contributed by atoms with Gasteiger partial charge < -0.3 is 15.1 Å². The normalized spacial score (nSPS) is 13.3. The molecule has 2 aromatic carbocycles. The minimum absolute atomic E-state index is 0.0280. The Hall–Kier alpha value is -2.85. The van der Waals surface area contributed by atoms with Crippen molar-refractivity contribution in [2.45, 2.75) is 38.8 Å². The molecule has 0 bridgehead atoms. The fourth-order valence-electron chi connectivity index (χ4n) is 3.08. The second kappa shape index (κ2) is 8.69. The smallest absolute Gasteiger partial charge is 0.282 e. The summed E-state index contributed by atoms with van der Waals surface area (Å²) in [5.74, 6) is 1.28. The van der Waals surface area contributed by atoms with E-state index in [1.807, 2.05) is 54.7 Å². The van der Waals surface area contributed by atoms with Crippen molar-refractivity contribution in [1.82, 2.24) is 0 Å². The lowest BCUT2D eigenvalue weighted by Gasteiger charge is -2.19. The van der Waals surface area contributed by atoms with Crippen molar-refractivity contribution in [3.05, 3.63) is 89.9 Å². The largest absolute Gasteiger partial charge is 0.463 e. The van der Waals surface area contributed by atoms with Gasteiger partial charge in [-0.25, -0.2) is 0 Å². The Bertz CT molecular complexity index is 840. The topological polar surface area (TPSA) is 58.9 Å². The van der Waals surface area contributed by atoms with Crippen LogP contribution in [0.25, 0.3) is 0 Å². The first kappa shape index (κ1) is 18.9. The number of amides is 1. The van der Waals surface area contributed by atoms with E-state index >= 15 is 0 Å². The zero-order valence-electron chi connectivity index (χ0n) is 16.1. The number of benzene rings is 2. The van der Waals surface area contributed by atoms with Gasteiger partial charge in [-0.15, -0.1) is 0 Å². The maximum Gasteiger partial charge on any atom is 0.282 e. The van der Waals surface area contributed by atoms with E-state index < -0.39 is 0 Å². The molecule has 0 unspecified atom stereocenters. The third-order valence-corrected chi connectivity index (χ3v) is 4.75. The zero-order chi connectivity index (χ0) is 19.2. The third kappa shape index (κ3) is 4.86. The summed E-state index contributed by atoms with van der Waals surface area (Å²) in [4.78, 5) is 12.7. The van der Waals surface area contributed by atoms with Gasteiger partial charge in [0.1, 0.15) is 0 Å². The summed E-state index contributed by atoms with van der Waals surface area (Å²) in [6.45, 7) is 6.22. The molecule has 4 heteroatoms. The van der Waals surface area contributed by atoms with E-state index in [9.17, 15) is 4.79 Å². The molecule has 3 rings (SSSR count). The lowest BCUT2D eigenvalue weighted by atomic mass is 10.0. The van der Waals surface area contributed by atoms with Crippen LogP contribution in [0.3, 0.4) is 0 Å². The highest BCUT2D eigenvalue weighted by Gasteiger charge is 2.26. The van der Waals surface area contributed by atoms with E-state index in [1.165, 1.54) is 5.56 Å². The predicted molar refractivity (Wildman–Crippen MR) is 108 cm³/mol. The summed E-state index contributed by atoms with van der Waals surface area (Å²) in [6, 6.07) is 21.6. The minimum atomic E-state index is -0.273. The van der Waals surface area contributed by atoms with Gasteiger partial charge in [-0.05, 0) is 42.7 Å². The highest BCUT2D eigenvalue weighted by molar-refractivity contribution is 5.93. The van der Waals surface area contributed by atoms with Gasteiger partial charge in [0.2, 0.25) is 0 Å². The first-order valence-electron chi connectivity index (χ1n) is 9.38. The minimum Gasteiger partial charge on any atom is -0.463 e. The molecule has 0 aliphatic carbocycles. The van der Waals surface area contributed by atoms with E-state index in [0.717, 1.165) is 17.0 Å². The first-order valence-corrected chi connectivity index (χ1v) is 9.38. The summed E-state index contributed by atoms with van der Waals surface area (Å²) in [7, 11) is 0. The molecule has 0 aliphatic rings. The van der Waals surface area contributed by atoms with Crippen molar-refractivity contribution in [2.75, 3.05) is 5.32 Å². The fourth-order valence-corrected chi connectivity index (χ4v) is 3.08. The second-order valence-corrected chi connectivity index (χ2v) is 7.15. The number of carbonyl (C=O) groups excluding carboxylic acids is 1. The number of carbonyl (C=O) groups is 1. The quantitative estimate of drug-likeness (QED) is 0.664. The van der Waals surface area contributed by atoms with Crippen LogP contribution < -0.4 is 10.6 Å². The third-order valence-electron chi connectivity index (χ3n) is 4.75. The van der Waals surface area contributed by atoms with Gasteiger partial charge in [-0.1, -0.05) is 56.3 Å². The Morgan fingerprint density at radius 3 is 2.19 bits per heavy atom. The summed E-state index contributed by atoms with van der Waals surface area (Å²) in [6.07, 6.45) is 1.67. The number of hydrogen-bond acceptors (Lipinski definition) is 2. The molecule has 140 valence electrons. The molecule has 2 atom stereocenters. The van der Waals surface area contributed by atoms with Crippen molar-refractivity contribution in [3.8, 4) is 0 Å². The first-order chi connectivity index (χ1) is 13.0. The van der Waals surface area contributed by atoms with Gasteiger partial charge in [-0.2, -0.15) is 0 Å². The SMILES string of the molecule is CC(C)c1ccc(NC(=O)[C@@H](C)[NH2+][C@@H](c2ccccc2)c2ccco2)cc1. The van der Waals surface area contributed by atoms with Crippen LogP contribution in [0, 0.1) is 0 Å². The van der Waals surface area contributed by atoms with Gasteiger partial charge >= 0.3 is 0 Å². The average molecular weight is 363 g/mol. The number of nitrogens with two attached hydrogens (primary N) is 1. The van der Waals surface area contributed by atoms with Gasteiger partial charge in [0.05, 0.1) is 6.26 Å². The van der Waals surface area contributed by atoms with Crippen LogP contribution in [0.15, 0.2) is 77.4 Å². The number of nitrogens with one attached hydrogen (secondary N) is 1. The van der Waals surface area contributed by atoms with Crippen molar-refractivity contribution in [2.24, 2.45) is 0 Å². The lowest BCUT2D eigenvalue weighted by molar-refractivity contribution is -0.706. The number of hydrogen-bond donors (Lipinski definition) is 2. The average Bonchev–Trinajstić information content (AvgIpc) is 3.21. The molecule has 1 aromatic heterocycles. The standard InChI is InChI=1S/C23H26N2O2/c1-16(2)18-11-13-20(14-12-18)25-23(26)17(3)24-22(21-10-7-15-27-21)19-8-5-4-6-9-19/h4-17,22,24H,1-3H3,(H,25,26)/p+1/t17-,22+/m1/s1. The molecule has 0 spiro atoms. The molecular formula is C23H27N2O2+. The zero-order valence-corrected chi connectivity index (χ0v) is 16.1. The van der Waals surface area contributed by atoms with Crippen molar-refractivity contribution < 1.29 is 14.5 Å². The maximum absolute atomic E-state index is 12.7. The molecule has 4 nitrogen and oxygen atoms in total. The molecule has 0 radical (unpaired) electrons. The molecule has 3 aromatic rings. The number of furan rings is 1. The van der Waals surface area contributed by atoms with Gasteiger partial charge in [0.25, 0.3) is 5.91 Å². The van der Waals surface area contributed by atoms with Crippen molar-refractivity contribution in [1.29, 1.82) is 0 Å². The Morgan fingerprint density at radius 2 is 1.59 bits per heavy atom. The van der Waals surface area contributed by atoms with Crippen molar-refractivity contribution in [3.63, 3.8) is 0 Å². The number of quaternary nitrogens is 1. The van der Waals surface area contributed by atoms with Crippen LogP contribution in [-0.4, -0.2) is 11.9 Å². The van der Waals surface area contributed by atoms with Gasteiger partial charge in [-0.3, -0.25) is 4.79 Å². The monoisotopic (exact) mass is 363 g/mol. The Balaban J connectivity index is 1.70. The molecule has 1 heterocycles. The molecule has 3 N–H and O–H groups in total. The summed E-state index contributed by atoms with van der Waals surface area (Å²) in [5, 5.41) is 5.04. The number of anilines is 1. The molecule has 0 saturated heterocycles. The van der Waals surface area contributed by atoms with Crippen LogP contribution in [0.2, 0.25) is 0 Å². The van der Waals surface area contributed by atoms with Crippen LogP contribution in [0.1, 0.15) is 49.6 Å². The van der Waals surface area contributed by atoms with Gasteiger partial charge in [0.15, 0.2) is 17.8 Å². The highest BCUT2D eigenvalue weighted by atomic mass is 16.3. The van der Waals surface area contributed by atoms with E-state index in [-0.39, 0.29) is 18.0 Å². The van der Waals surface area contributed by atoms with Crippen molar-refractivity contribution >= 4 is 11.6 Å². The number of rotatable bonds is 7. The maximum atomic E-state index is 12.7. The van der Waals surface area contributed by atoms with E-state index in [4.69, 9.17) is 4.42 Å². The lowest BCUT2D eigenvalue weighted by Crippen LogP contribution is -2.92. The van der Waals surface area contributed by atoms with Crippen LogP contribution in [0.4, 0.5) is 5.69 Å². The summed E-state index contributed by atoms with van der Waals surface area (Å²) >= 11 is 0. The molecule has 0 saturated carbocycles. The van der Waals surface area contributed by atoms with E-state index in [0.29, 0.717) is 5.92 Å². The Morgan fingerprint density at radius 1 is 0.889 bits per heavy atom. The van der Waals surface area contributed by atoms with Crippen LogP contribution >= 0.6 is 0 Å². The molecular weight excluding hydrogens is 336 g/mol. The fraction of sp³-hybridized carbons (Fsp3) is 0.261. The second-order valence-electron chi connectivity index (χ2n) is 7.15. The molecule has 0 aliphatic heterocycles. The van der Waals surface area contributed by atoms with Crippen LogP contribution in [0.5, 0.6) is 0 Å².